The number of carbonyl (C=O) groups excluding carboxylic acids is 2. The summed E-state index contributed by atoms with van der Waals surface area (Å²) in [5, 5.41) is 5.56. The highest BCUT2D eigenvalue weighted by Gasteiger charge is 2.18. The number of nitrogens with zero attached hydrogens (tertiary/aromatic N) is 1. The molecule has 0 unspecified atom stereocenters. The van der Waals surface area contributed by atoms with Crippen LogP contribution < -0.4 is 20.3 Å². The summed E-state index contributed by atoms with van der Waals surface area (Å²) in [6.07, 6.45) is 1.05. The van der Waals surface area contributed by atoms with E-state index in [0.29, 0.717) is 18.0 Å². The second kappa shape index (κ2) is 7.25. The van der Waals surface area contributed by atoms with Gasteiger partial charge in [-0.25, -0.2) is 4.79 Å². The molecular formula is C13H19N3O3. The number of aldehydes is 1. The molecule has 0 atom stereocenters. The zero-order valence-corrected chi connectivity index (χ0v) is 11.4. The zero-order valence-electron chi connectivity index (χ0n) is 11.4. The lowest BCUT2D eigenvalue weighted by Crippen LogP contribution is -2.39. The number of hydrogen-bond acceptors (Lipinski definition) is 4. The van der Waals surface area contributed by atoms with E-state index in [1.807, 2.05) is 6.07 Å². The zero-order chi connectivity index (χ0) is 14.3. The number of amides is 2. The maximum absolute atomic E-state index is 11.9. The molecule has 0 radical (unpaired) electrons. The number of carbonyl (C=O) groups is 2. The van der Waals surface area contributed by atoms with Gasteiger partial charge in [-0.3, -0.25) is 4.90 Å². The van der Waals surface area contributed by atoms with Crippen molar-refractivity contribution in [3.05, 3.63) is 18.2 Å². The average Bonchev–Trinajstić information content (AvgIpc) is 2.46. The molecule has 2 amide bonds. The van der Waals surface area contributed by atoms with E-state index in [0.717, 1.165) is 12.0 Å². The van der Waals surface area contributed by atoms with E-state index >= 15 is 0 Å². The Balaban J connectivity index is 3.17. The van der Waals surface area contributed by atoms with Gasteiger partial charge in [0.2, 0.25) is 0 Å². The Morgan fingerprint density at radius 2 is 2.16 bits per heavy atom. The number of anilines is 2. The summed E-state index contributed by atoms with van der Waals surface area (Å²) < 4.78 is 5.26. The van der Waals surface area contributed by atoms with Crippen molar-refractivity contribution >= 4 is 23.7 Å². The predicted molar refractivity (Wildman–Crippen MR) is 75.0 cm³/mol. The standard InChI is InChI=1S/C13H19N3O3/c1-14-10-5-6-12(19-3)11(9-10)16(7-4-8-17)13(18)15-2/h5-6,8-9,14H,4,7H2,1-3H3,(H,15,18). The van der Waals surface area contributed by atoms with E-state index in [2.05, 4.69) is 10.6 Å². The molecule has 1 aromatic carbocycles. The van der Waals surface area contributed by atoms with Gasteiger partial charge in [-0.1, -0.05) is 0 Å². The van der Waals surface area contributed by atoms with Crippen molar-refractivity contribution in [3.63, 3.8) is 0 Å². The minimum atomic E-state index is -0.284. The van der Waals surface area contributed by atoms with Crippen LogP contribution in [0.1, 0.15) is 6.42 Å². The Bertz CT molecular complexity index is 449. The molecule has 0 saturated heterocycles. The van der Waals surface area contributed by atoms with E-state index in [9.17, 15) is 9.59 Å². The largest absolute Gasteiger partial charge is 0.495 e. The van der Waals surface area contributed by atoms with Gasteiger partial charge < -0.3 is 20.2 Å². The molecule has 2 N–H and O–H groups in total. The maximum atomic E-state index is 11.9. The van der Waals surface area contributed by atoms with Crippen LogP contribution in [0.25, 0.3) is 0 Å². The predicted octanol–water partition coefficient (Wildman–Crippen LogP) is 1.47. The maximum Gasteiger partial charge on any atom is 0.321 e. The molecule has 0 aliphatic rings. The monoisotopic (exact) mass is 265 g/mol. The number of methoxy groups -OCH3 is 1. The number of urea groups is 1. The van der Waals surface area contributed by atoms with Crippen molar-refractivity contribution in [1.82, 2.24) is 5.32 Å². The topological polar surface area (TPSA) is 70.7 Å². The van der Waals surface area contributed by atoms with Crippen LogP contribution in [0.15, 0.2) is 18.2 Å². The van der Waals surface area contributed by atoms with Gasteiger partial charge in [-0.2, -0.15) is 0 Å². The molecule has 104 valence electrons. The molecule has 1 rings (SSSR count). The van der Waals surface area contributed by atoms with Gasteiger partial charge >= 0.3 is 6.03 Å². The highest BCUT2D eigenvalue weighted by molar-refractivity contribution is 5.94. The Kier molecular flexibility index (Phi) is 5.66. The van der Waals surface area contributed by atoms with E-state index in [4.69, 9.17) is 4.74 Å². The van der Waals surface area contributed by atoms with E-state index < -0.39 is 0 Å². The summed E-state index contributed by atoms with van der Waals surface area (Å²) in [6.45, 7) is 0.298. The number of rotatable bonds is 6. The summed E-state index contributed by atoms with van der Waals surface area (Å²) in [4.78, 5) is 23.9. The molecule has 0 bridgehead atoms. The van der Waals surface area contributed by atoms with E-state index in [-0.39, 0.29) is 12.5 Å². The first-order valence-corrected chi connectivity index (χ1v) is 5.96. The first-order chi connectivity index (χ1) is 9.17. The molecule has 0 aliphatic carbocycles. The highest BCUT2D eigenvalue weighted by atomic mass is 16.5. The van der Waals surface area contributed by atoms with Crippen molar-refractivity contribution < 1.29 is 14.3 Å². The van der Waals surface area contributed by atoms with Gasteiger partial charge in [0.05, 0.1) is 12.8 Å². The van der Waals surface area contributed by atoms with E-state index in [1.54, 1.807) is 33.3 Å². The Hall–Kier alpha value is -2.24. The Labute approximate surface area is 112 Å². The van der Waals surface area contributed by atoms with Gasteiger partial charge in [0, 0.05) is 32.7 Å². The first kappa shape index (κ1) is 14.8. The first-order valence-electron chi connectivity index (χ1n) is 5.96. The quantitative estimate of drug-likeness (QED) is 0.764. The van der Waals surface area contributed by atoms with Crippen molar-refractivity contribution in [2.24, 2.45) is 0 Å². The molecule has 0 heterocycles. The van der Waals surface area contributed by atoms with Gasteiger partial charge in [0.25, 0.3) is 0 Å². The minimum Gasteiger partial charge on any atom is -0.495 e. The number of benzene rings is 1. The molecule has 0 aromatic heterocycles. The molecule has 6 heteroatoms. The van der Waals surface area contributed by atoms with Crippen molar-refractivity contribution in [2.45, 2.75) is 6.42 Å². The minimum absolute atomic E-state index is 0.264. The van der Waals surface area contributed by atoms with Crippen LogP contribution in [0.2, 0.25) is 0 Å². The SMILES string of the molecule is CNC(=O)N(CCC=O)c1cc(NC)ccc1OC. The third-order valence-corrected chi connectivity index (χ3v) is 2.69. The number of nitrogens with one attached hydrogen (secondary N) is 2. The molecule has 0 saturated carbocycles. The van der Waals surface area contributed by atoms with Gasteiger partial charge in [-0.05, 0) is 18.2 Å². The fourth-order valence-corrected chi connectivity index (χ4v) is 1.70. The van der Waals surface area contributed by atoms with Crippen LogP contribution in [0.4, 0.5) is 16.2 Å². The Morgan fingerprint density at radius 1 is 1.42 bits per heavy atom. The molecular weight excluding hydrogens is 246 g/mol. The second-order valence-electron chi connectivity index (χ2n) is 3.80. The fourth-order valence-electron chi connectivity index (χ4n) is 1.70. The fraction of sp³-hybridized carbons (Fsp3) is 0.385. The average molecular weight is 265 g/mol. The normalized spacial score (nSPS) is 9.63. The van der Waals surface area contributed by atoms with Crippen molar-refractivity contribution in [2.75, 3.05) is 38.0 Å². The van der Waals surface area contributed by atoms with Gasteiger partial charge in [-0.15, -0.1) is 0 Å². The second-order valence-corrected chi connectivity index (χ2v) is 3.80. The van der Waals surface area contributed by atoms with Gasteiger partial charge in [0.1, 0.15) is 12.0 Å². The molecule has 6 nitrogen and oxygen atoms in total. The van der Waals surface area contributed by atoms with Crippen LogP contribution >= 0.6 is 0 Å². The highest BCUT2D eigenvalue weighted by Crippen LogP contribution is 2.31. The summed E-state index contributed by atoms with van der Waals surface area (Å²) in [5.41, 5.74) is 1.48. The molecule has 0 fully saturated rings. The lowest BCUT2D eigenvalue weighted by Gasteiger charge is -2.24. The van der Waals surface area contributed by atoms with E-state index in [1.165, 1.54) is 4.90 Å². The lowest BCUT2D eigenvalue weighted by atomic mass is 10.2. The van der Waals surface area contributed by atoms with Gasteiger partial charge in [0.15, 0.2) is 0 Å². The van der Waals surface area contributed by atoms with Crippen LogP contribution in [0.5, 0.6) is 5.75 Å². The van der Waals surface area contributed by atoms with Crippen molar-refractivity contribution in [3.8, 4) is 5.75 Å². The van der Waals surface area contributed by atoms with Crippen LogP contribution in [0, 0.1) is 0 Å². The third-order valence-electron chi connectivity index (χ3n) is 2.69. The van der Waals surface area contributed by atoms with Crippen LogP contribution in [-0.4, -0.2) is 40.1 Å². The summed E-state index contributed by atoms with van der Waals surface area (Å²) in [7, 11) is 4.88. The van der Waals surface area contributed by atoms with Crippen LogP contribution in [-0.2, 0) is 4.79 Å². The molecule has 19 heavy (non-hydrogen) atoms. The number of ether oxygens (including phenoxy) is 1. The molecule has 1 aromatic rings. The lowest BCUT2D eigenvalue weighted by molar-refractivity contribution is -0.107. The Morgan fingerprint density at radius 3 is 2.68 bits per heavy atom. The molecule has 0 spiro atoms. The smallest absolute Gasteiger partial charge is 0.321 e. The number of hydrogen-bond donors (Lipinski definition) is 2. The third kappa shape index (κ3) is 3.61. The summed E-state index contributed by atoms with van der Waals surface area (Å²) in [6, 6.07) is 5.15. The van der Waals surface area contributed by atoms with Crippen molar-refractivity contribution in [1.29, 1.82) is 0 Å². The van der Waals surface area contributed by atoms with Crippen LogP contribution in [0.3, 0.4) is 0 Å². The molecule has 0 aliphatic heterocycles. The summed E-state index contributed by atoms with van der Waals surface area (Å²) in [5.74, 6) is 0.577. The summed E-state index contributed by atoms with van der Waals surface area (Å²) >= 11 is 0.